The summed E-state index contributed by atoms with van der Waals surface area (Å²) in [4.78, 5) is 12.0. The van der Waals surface area contributed by atoms with E-state index in [2.05, 4.69) is 0 Å². The number of nitrogens with zero attached hydrogens (tertiary/aromatic N) is 2. The highest BCUT2D eigenvalue weighted by molar-refractivity contribution is 7.91. The van der Waals surface area contributed by atoms with Gasteiger partial charge in [0.05, 0.1) is 7.11 Å². The maximum atomic E-state index is 13.2. The third-order valence-electron chi connectivity index (χ3n) is 5.89. The number of esters is 1. The molecule has 2 saturated heterocycles. The van der Waals surface area contributed by atoms with E-state index in [1.54, 1.807) is 22.9 Å². The lowest BCUT2D eigenvalue weighted by molar-refractivity contribution is 0.0602. The normalized spacial score (nSPS) is 20.6. The molecule has 0 atom stereocenters. The van der Waals surface area contributed by atoms with Gasteiger partial charge in [0.2, 0.25) is 10.0 Å². The average Bonchev–Trinajstić information content (AvgIpc) is 3.48. The van der Waals surface area contributed by atoms with Gasteiger partial charge in [0.1, 0.15) is 14.0 Å². The molecule has 0 N–H and O–H groups in total. The minimum Gasteiger partial charge on any atom is -0.465 e. The Morgan fingerprint density at radius 2 is 1.63 bits per heavy atom. The maximum Gasteiger partial charge on any atom is 0.349 e. The van der Waals surface area contributed by atoms with E-state index in [9.17, 15) is 21.6 Å². The van der Waals surface area contributed by atoms with Gasteiger partial charge in [0.25, 0.3) is 10.0 Å². The summed E-state index contributed by atoms with van der Waals surface area (Å²) in [6.45, 7) is 1.44. The number of piperidine rings is 1. The van der Waals surface area contributed by atoms with Crippen molar-refractivity contribution in [2.24, 2.45) is 5.41 Å². The summed E-state index contributed by atoms with van der Waals surface area (Å²) in [6, 6.07) is 4.76. The molecule has 8 nitrogen and oxygen atoms in total. The van der Waals surface area contributed by atoms with E-state index in [0.717, 1.165) is 11.3 Å². The summed E-state index contributed by atoms with van der Waals surface area (Å²) in [6.07, 6.45) is 1.89. The molecule has 30 heavy (non-hydrogen) atoms. The van der Waals surface area contributed by atoms with E-state index in [4.69, 9.17) is 4.74 Å². The number of carbonyl (C=O) groups excluding carboxylic acids is 1. The number of thiophene rings is 2. The first kappa shape index (κ1) is 21.9. The molecule has 12 heteroatoms. The quantitative estimate of drug-likeness (QED) is 0.597. The van der Waals surface area contributed by atoms with Crippen molar-refractivity contribution in [2.75, 3.05) is 33.3 Å². The van der Waals surface area contributed by atoms with Gasteiger partial charge < -0.3 is 4.74 Å². The van der Waals surface area contributed by atoms with Crippen molar-refractivity contribution in [3.8, 4) is 0 Å². The fourth-order valence-corrected chi connectivity index (χ4v) is 9.57. The molecule has 2 aromatic rings. The first-order valence-corrected chi connectivity index (χ1v) is 14.0. The van der Waals surface area contributed by atoms with Crippen molar-refractivity contribution in [2.45, 2.75) is 28.4 Å². The third kappa shape index (κ3) is 3.73. The molecule has 0 bridgehead atoms. The van der Waals surface area contributed by atoms with Crippen molar-refractivity contribution < 1.29 is 26.4 Å². The van der Waals surface area contributed by atoms with Crippen LogP contribution < -0.4 is 0 Å². The molecule has 0 aromatic carbocycles. The SMILES string of the molecule is COC(=O)c1sccc1S(=O)(=O)N1CCC2(CCN(S(=O)(=O)c3cccs3)CC2)C1. The Labute approximate surface area is 184 Å². The van der Waals surface area contributed by atoms with Gasteiger partial charge in [-0.1, -0.05) is 6.07 Å². The lowest BCUT2D eigenvalue weighted by Gasteiger charge is -2.38. The van der Waals surface area contributed by atoms with Crippen LogP contribution in [0.15, 0.2) is 38.1 Å². The van der Waals surface area contributed by atoms with E-state index in [0.29, 0.717) is 49.7 Å². The minimum absolute atomic E-state index is 0.0193. The Balaban J connectivity index is 1.48. The second-order valence-electron chi connectivity index (χ2n) is 7.53. The van der Waals surface area contributed by atoms with E-state index in [1.165, 1.54) is 33.1 Å². The van der Waals surface area contributed by atoms with Crippen LogP contribution in [0.2, 0.25) is 0 Å². The van der Waals surface area contributed by atoms with Gasteiger partial charge >= 0.3 is 5.97 Å². The zero-order chi connectivity index (χ0) is 21.6. The molecule has 4 heterocycles. The van der Waals surface area contributed by atoms with Crippen molar-refractivity contribution >= 4 is 48.7 Å². The molecule has 1 spiro atoms. The number of hydrogen-bond acceptors (Lipinski definition) is 8. The highest BCUT2D eigenvalue weighted by atomic mass is 32.2. The smallest absolute Gasteiger partial charge is 0.349 e. The number of ether oxygens (including phenoxy) is 1. The Bertz CT molecular complexity index is 1130. The average molecular weight is 491 g/mol. The molecule has 0 aliphatic carbocycles. The lowest BCUT2D eigenvalue weighted by atomic mass is 9.78. The molecular weight excluding hydrogens is 468 g/mol. The van der Waals surface area contributed by atoms with Crippen LogP contribution >= 0.6 is 22.7 Å². The number of sulfonamides is 2. The van der Waals surface area contributed by atoms with Crippen molar-refractivity contribution in [1.29, 1.82) is 0 Å². The van der Waals surface area contributed by atoms with Crippen molar-refractivity contribution in [3.63, 3.8) is 0 Å². The van der Waals surface area contributed by atoms with Gasteiger partial charge in [-0.2, -0.15) is 8.61 Å². The van der Waals surface area contributed by atoms with Crippen LogP contribution in [0.4, 0.5) is 0 Å². The van der Waals surface area contributed by atoms with Gasteiger partial charge in [0, 0.05) is 26.2 Å². The molecule has 0 saturated carbocycles. The fourth-order valence-electron chi connectivity index (χ4n) is 4.13. The van der Waals surface area contributed by atoms with Crippen LogP contribution in [0, 0.1) is 5.41 Å². The number of rotatable bonds is 5. The summed E-state index contributed by atoms with van der Waals surface area (Å²) in [5.41, 5.74) is -0.240. The van der Waals surface area contributed by atoms with Crippen LogP contribution in [0.25, 0.3) is 0 Å². The standard InChI is InChI=1S/C18H22N2O6S4/c1-26-17(21)16-14(4-12-28-16)29(22,23)20-10-7-18(13-20)5-8-19(9-6-18)30(24,25)15-3-2-11-27-15/h2-4,11-12H,5-10,13H2,1H3. The molecule has 164 valence electrons. The predicted molar refractivity (Wildman–Crippen MR) is 114 cm³/mol. The molecule has 4 rings (SSSR count). The Kier molecular flexibility index (Phi) is 5.83. The summed E-state index contributed by atoms with van der Waals surface area (Å²) in [5.74, 6) is -0.662. The van der Waals surface area contributed by atoms with E-state index < -0.39 is 26.0 Å². The summed E-state index contributed by atoms with van der Waals surface area (Å²) < 4.78 is 59.8. The molecule has 0 amide bonds. The van der Waals surface area contributed by atoms with Crippen molar-refractivity contribution in [3.05, 3.63) is 33.8 Å². The second-order valence-corrected chi connectivity index (χ2v) is 13.5. The lowest BCUT2D eigenvalue weighted by Crippen LogP contribution is -2.44. The minimum atomic E-state index is -3.82. The highest BCUT2D eigenvalue weighted by Gasteiger charge is 2.47. The van der Waals surface area contributed by atoms with Crippen LogP contribution in [0.5, 0.6) is 0 Å². The number of carbonyl (C=O) groups is 1. The zero-order valence-electron chi connectivity index (χ0n) is 16.3. The van der Waals surface area contributed by atoms with Gasteiger partial charge in [0.15, 0.2) is 0 Å². The first-order chi connectivity index (χ1) is 14.2. The Morgan fingerprint density at radius 3 is 2.23 bits per heavy atom. The topological polar surface area (TPSA) is 101 Å². The molecule has 2 aliphatic rings. The summed E-state index contributed by atoms with van der Waals surface area (Å²) in [5, 5.41) is 3.31. The molecule has 2 aromatic heterocycles. The van der Waals surface area contributed by atoms with Crippen LogP contribution in [-0.4, -0.2) is 64.7 Å². The molecule has 2 aliphatic heterocycles. The van der Waals surface area contributed by atoms with Gasteiger partial charge in [-0.3, -0.25) is 0 Å². The highest BCUT2D eigenvalue weighted by Crippen LogP contribution is 2.43. The van der Waals surface area contributed by atoms with E-state index >= 15 is 0 Å². The molecule has 0 radical (unpaired) electrons. The van der Waals surface area contributed by atoms with E-state index in [1.807, 2.05) is 0 Å². The maximum absolute atomic E-state index is 13.2. The molecular formula is C18H22N2O6S4. The summed E-state index contributed by atoms with van der Waals surface area (Å²) in [7, 11) is -6.09. The van der Waals surface area contributed by atoms with Crippen molar-refractivity contribution in [1.82, 2.24) is 8.61 Å². The Hall–Kier alpha value is -1.31. The fraction of sp³-hybridized carbons (Fsp3) is 0.500. The number of methoxy groups -OCH3 is 1. The number of hydrogen-bond donors (Lipinski definition) is 0. The van der Waals surface area contributed by atoms with Crippen LogP contribution in [-0.2, 0) is 24.8 Å². The second kappa shape index (κ2) is 7.99. The monoisotopic (exact) mass is 490 g/mol. The molecule has 0 unspecified atom stereocenters. The van der Waals surface area contributed by atoms with Crippen LogP contribution in [0.3, 0.4) is 0 Å². The van der Waals surface area contributed by atoms with E-state index in [-0.39, 0.29) is 15.2 Å². The van der Waals surface area contributed by atoms with Gasteiger partial charge in [-0.05, 0) is 47.6 Å². The first-order valence-electron chi connectivity index (χ1n) is 9.39. The Morgan fingerprint density at radius 1 is 0.967 bits per heavy atom. The third-order valence-corrected chi connectivity index (χ3v) is 12.1. The summed E-state index contributed by atoms with van der Waals surface area (Å²) >= 11 is 2.24. The zero-order valence-corrected chi connectivity index (χ0v) is 19.6. The van der Waals surface area contributed by atoms with Gasteiger partial charge in [-0.15, -0.1) is 22.7 Å². The van der Waals surface area contributed by atoms with Gasteiger partial charge in [-0.25, -0.2) is 21.6 Å². The van der Waals surface area contributed by atoms with Crippen LogP contribution in [0.1, 0.15) is 28.9 Å². The molecule has 2 fully saturated rings. The predicted octanol–water partition coefficient (Wildman–Crippen LogP) is 2.46. The largest absolute Gasteiger partial charge is 0.465 e.